The van der Waals surface area contributed by atoms with Crippen LogP contribution in [0.1, 0.15) is 29.7 Å². The molecule has 2 aromatic carbocycles. The fourth-order valence-corrected chi connectivity index (χ4v) is 3.28. The molecule has 2 aromatic rings. The van der Waals surface area contributed by atoms with Crippen molar-refractivity contribution in [1.29, 1.82) is 0 Å². The van der Waals surface area contributed by atoms with Crippen molar-refractivity contribution >= 4 is 11.6 Å². The minimum Gasteiger partial charge on any atom is -0.494 e. The Morgan fingerprint density at radius 1 is 1.08 bits per heavy atom. The van der Waals surface area contributed by atoms with E-state index in [4.69, 9.17) is 21.1 Å². The van der Waals surface area contributed by atoms with E-state index in [0.717, 1.165) is 16.9 Å². The molecule has 6 heteroatoms. The van der Waals surface area contributed by atoms with E-state index in [1.54, 1.807) is 12.1 Å². The minimum absolute atomic E-state index is 0.0280. The highest BCUT2D eigenvalue weighted by atomic mass is 35.5. The van der Waals surface area contributed by atoms with Gasteiger partial charge in [0.1, 0.15) is 30.2 Å². The van der Waals surface area contributed by atoms with Crippen LogP contribution in [0.4, 0.5) is 0 Å². The highest BCUT2D eigenvalue weighted by Crippen LogP contribution is 2.32. The maximum absolute atomic E-state index is 10.2. The van der Waals surface area contributed by atoms with E-state index in [9.17, 15) is 15.3 Å². The Morgan fingerprint density at radius 3 is 2.50 bits per heavy atom. The van der Waals surface area contributed by atoms with Gasteiger partial charge in [-0.3, -0.25) is 0 Å². The van der Waals surface area contributed by atoms with Crippen LogP contribution in [0.2, 0.25) is 5.02 Å². The predicted octanol–water partition coefficient (Wildman–Crippen LogP) is 2.48. The van der Waals surface area contributed by atoms with Crippen LogP contribution < -0.4 is 4.74 Å². The monoisotopic (exact) mass is 378 g/mol. The first-order valence-electron chi connectivity index (χ1n) is 8.65. The zero-order valence-electron chi connectivity index (χ0n) is 14.5. The first-order chi connectivity index (χ1) is 12.5. The third-order valence-corrected chi connectivity index (χ3v) is 4.90. The summed E-state index contributed by atoms with van der Waals surface area (Å²) in [5, 5.41) is 30.3. The zero-order valence-corrected chi connectivity index (χ0v) is 15.3. The van der Waals surface area contributed by atoms with Crippen LogP contribution in [-0.4, -0.2) is 46.8 Å². The minimum atomic E-state index is -1.24. The normalized spacial score (nSPS) is 25.9. The van der Waals surface area contributed by atoms with Gasteiger partial charge in [-0.1, -0.05) is 35.9 Å². The Bertz CT molecular complexity index is 733. The summed E-state index contributed by atoms with van der Waals surface area (Å²) in [5.74, 6) is 0.822. The molecular weight excluding hydrogens is 356 g/mol. The van der Waals surface area contributed by atoms with Crippen molar-refractivity contribution in [3.05, 3.63) is 64.2 Å². The molecule has 4 atom stereocenters. The number of benzene rings is 2. The van der Waals surface area contributed by atoms with Gasteiger partial charge in [0, 0.05) is 5.02 Å². The summed E-state index contributed by atoms with van der Waals surface area (Å²) < 4.78 is 11.0. The number of rotatable bonds is 5. The molecule has 0 bridgehead atoms. The van der Waals surface area contributed by atoms with Gasteiger partial charge in [-0.05, 0) is 48.2 Å². The van der Waals surface area contributed by atoms with Crippen LogP contribution in [0.25, 0.3) is 0 Å². The van der Waals surface area contributed by atoms with Gasteiger partial charge >= 0.3 is 0 Å². The predicted molar refractivity (Wildman–Crippen MR) is 98.6 cm³/mol. The Hall–Kier alpha value is -1.63. The summed E-state index contributed by atoms with van der Waals surface area (Å²) in [6, 6.07) is 13.2. The summed E-state index contributed by atoms with van der Waals surface area (Å²) in [6.45, 7) is 2.54. The van der Waals surface area contributed by atoms with Crippen LogP contribution in [-0.2, 0) is 11.2 Å². The first kappa shape index (κ1) is 19.1. The topological polar surface area (TPSA) is 79.2 Å². The van der Waals surface area contributed by atoms with Gasteiger partial charge in [0.2, 0.25) is 0 Å². The van der Waals surface area contributed by atoms with E-state index in [0.29, 0.717) is 23.6 Å². The molecule has 0 spiro atoms. The third kappa shape index (κ3) is 4.19. The third-order valence-electron chi connectivity index (χ3n) is 4.53. The molecule has 0 aliphatic carbocycles. The molecule has 5 nitrogen and oxygen atoms in total. The smallest absolute Gasteiger partial charge is 0.119 e. The van der Waals surface area contributed by atoms with Crippen molar-refractivity contribution in [3.8, 4) is 5.75 Å². The molecule has 0 radical (unpaired) electrons. The van der Waals surface area contributed by atoms with Crippen molar-refractivity contribution in [1.82, 2.24) is 0 Å². The number of aliphatic hydroxyl groups excluding tert-OH is 3. The average molecular weight is 379 g/mol. The lowest BCUT2D eigenvalue weighted by Crippen LogP contribution is -2.49. The van der Waals surface area contributed by atoms with E-state index in [1.165, 1.54) is 0 Å². The van der Waals surface area contributed by atoms with Crippen LogP contribution >= 0.6 is 11.6 Å². The molecule has 140 valence electrons. The standard InChI is InChI=1S/C20H23ClO5/c1-2-25-15-6-3-12(4-7-15)9-14-10-13(5-8-16(14)21)20-19(24)18(23)17(22)11-26-20/h3-8,10,17-20,22-24H,2,9,11H2,1H3/t17-,18+,19-,20+/m1/s1. The van der Waals surface area contributed by atoms with E-state index >= 15 is 0 Å². The molecule has 0 amide bonds. The largest absolute Gasteiger partial charge is 0.494 e. The van der Waals surface area contributed by atoms with Gasteiger partial charge in [-0.2, -0.15) is 0 Å². The van der Waals surface area contributed by atoms with Crippen molar-refractivity contribution < 1.29 is 24.8 Å². The van der Waals surface area contributed by atoms with Gasteiger partial charge < -0.3 is 24.8 Å². The van der Waals surface area contributed by atoms with Crippen molar-refractivity contribution in [2.75, 3.05) is 13.2 Å². The molecule has 1 saturated heterocycles. The zero-order chi connectivity index (χ0) is 18.7. The summed E-state index contributed by atoms with van der Waals surface area (Å²) in [7, 11) is 0. The second-order valence-electron chi connectivity index (χ2n) is 6.41. The number of ether oxygens (including phenoxy) is 2. The highest BCUT2D eigenvalue weighted by Gasteiger charge is 2.38. The molecule has 1 aliphatic rings. The van der Waals surface area contributed by atoms with Gasteiger partial charge in [-0.25, -0.2) is 0 Å². The first-order valence-corrected chi connectivity index (χ1v) is 9.03. The fraction of sp³-hybridized carbons (Fsp3) is 0.400. The molecule has 1 heterocycles. The van der Waals surface area contributed by atoms with Crippen molar-refractivity contribution in [2.24, 2.45) is 0 Å². The van der Waals surface area contributed by atoms with Crippen molar-refractivity contribution in [3.63, 3.8) is 0 Å². The van der Waals surface area contributed by atoms with Crippen LogP contribution in [0.3, 0.4) is 0 Å². The van der Waals surface area contributed by atoms with E-state index in [-0.39, 0.29) is 6.61 Å². The maximum atomic E-state index is 10.2. The summed E-state index contributed by atoms with van der Waals surface area (Å²) >= 11 is 6.34. The van der Waals surface area contributed by atoms with E-state index < -0.39 is 24.4 Å². The Labute approximate surface area is 157 Å². The average Bonchev–Trinajstić information content (AvgIpc) is 2.64. The lowest BCUT2D eigenvalue weighted by molar-refractivity contribution is -0.189. The highest BCUT2D eigenvalue weighted by molar-refractivity contribution is 6.31. The number of hydrogen-bond acceptors (Lipinski definition) is 5. The quantitative estimate of drug-likeness (QED) is 0.745. The van der Waals surface area contributed by atoms with Crippen LogP contribution in [0.5, 0.6) is 5.75 Å². The molecule has 26 heavy (non-hydrogen) atoms. The number of aliphatic hydroxyl groups is 3. The molecule has 1 fully saturated rings. The van der Waals surface area contributed by atoms with Crippen molar-refractivity contribution in [2.45, 2.75) is 37.8 Å². The Morgan fingerprint density at radius 2 is 1.81 bits per heavy atom. The number of hydrogen-bond donors (Lipinski definition) is 3. The van der Waals surface area contributed by atoms with Gasteiger partial charge in [0.05, 0.1) is 13.2 Å². The molecule has 1 aliphatic heterocycles. The molecule has 0 saturated carbocycles. The Kier molecular flexibility index (Phi) is 6.16. The fourth-order valence-electron chi connectivity index (χ4n) is 3.10. The second kappa shape index (κ2) is 8.37. The van der Waals surface area contributed by atoms with E-state index in [1.807, 2.05) is 37.3 Å². The van der Waals surface area contributed by atoms with Gasteiger partial charge in [0.15, 0.2) is 0 Å². The maximum Gasteiger partial charge on any atom is 0.119 e. The molecule has 3 N–H and O–H groups in total. The Balaban J connectivity index is 1.79. The van der Waals surface area contributed by atoms with E-state index in [2.05, 4.69) is 0 Å². The second-order valence-corrected chi connectivity index (χ2v) is 6.81. The lowest BCUT2D eigenvalue weighted by atomic mass is 9.93. The lowest BCUT2D eigenvalue weighted by Gasteiger charge is -2.35. The molecule has 0 aromatic heterocycles. The molecule has 3 rings (SSSR count). The van der Waals surface area contributed by atoms with Crippen LogP contribution in [0, 0.1) is 0 Å². The SMILES string of the molecule is CCOc1ccc(Cc2cc([C@@H]3OC[C@@H](O)[C@H](O)[C@H]3O)ccc2Cl)cc1. The summed E-state index contributed by atoms with van der Waals surface area (Å²) in [5.41, 5.74) is 2.69. The summed E-state index contributed by atoms with van der Waals surface area (Å²) in [6.07, 6.45) is -3.61. The molecular formula is C20H23ClO5. The van der Waals surface area contributed by atoms with Gasteiger partial charge in [-0.15, -0.1) is 0 Å². The number of halogens is 1. The van der Waals surface area contributed by atoms with Gasteiger partial charge in [0.25, 0.3) is 0 Å². The molecule has 0 unspecified atom stereocenters. The summed E-state index contributed by atoms with van der Waals surface area (Å²) in [4.78, 5) is 0. The van der Waals surface area contributed by atoms with Crippen LogP contribution in [0.15, 0.2) is 42.5 Å².